The molecule has 0 aliphatic carbocycles. The highest BCUT2D eigenvalue weighted by molar-refractivity contribution is 7.84. The van der Waals surface area contributed by atoms with Gasteiger partial charge in [-0.15, -0.1) is 5.10 Å². The van der Waals surface area contributed by atoms with Crippen LogP contribution < -0.4 is 0 Å². The zero-order valence-corrected chi connectivity index (χ0v) is 13.3. The minimum Gasteiger partial charge on any atom is -0.258 e. The summed E-state index contributed by atoms with van der Waals surface area (Å²) in [5.41, 5.74) is 1.23. The normalized spacial score (nSPS) is 13.7. The van der Waals surface area contributed by atoms with Crippen LogP contribution in [0.25, 0.3) is 5.69 Å². The van der Waals surface area contributed by atoms with Gasteiger partial charge in [-0.2, -0.15) is 4.68 Å². The van der Waals surface area contributed by atoms with Crippen LogP contribution in [0.3, 0.4) is 0 Å². The van der Waals surface area contributed by atoms with E-state index < -0.39 is 16.0 Å². The van der Waals surface area contributed by atoms with Gasteiger partial charge >= 0.3 is 0 Å². The van der Waals surface area contributed by atoms with Crippen molar-refractivity contribution in [2.75, 3.05) is 0 Å². The van der Waals surface area contributed by atoms with Crippen molar-refractivity contribution in [3.05, 3.63) is 71.8 Å². The summed E-state index contributed by atoms with van der Waals surface area (Å²) < 4.78 is 28.0. The van der Waals surface area contributed by atoms with Gasteiger partial charge in [-0.05, 0) is 35.5 Å². The van der Waals surface area contributed by atoms with Gasteiger partial charge in [0.15, 0.2) is 5.82 Å². The molecule has 1 aromatic heterocycles. The number of benzene rings is 2. The zero-order valence-electron chi connectivity index (χ0n) is 12.5. The minimum atomic E-state index is -1.34. The van der Waals surface area contributed by atoms with E-state index >= 15 is 0 Å². The first-order valence-electron chi connectivity index (χ1n) is 7.11. The van der Waals surface area contributed by atoms with E-state index in [1.54, 1.807) is 29.8 Å². The van der Waals surface area contributed by atoms with Crippen molar-refractivity contribution >= 4 is 10.8 Å². The van der Waals surface area contributed by atoms with Crippen LogP contribution in [0.1, 0.15) is 23.6 Å². The number of halogens is 1. The quantitative estimate of drug-likeness (QED) is 0.722. The van der Waals surface area contributed by atoms with Gasteiger partial charge in [-0.3, -0.25) is 4.21 Å². The van der Waals surface area contributed by atoms with Gasteiger partial charge in [0, 0.05) is 16.4 Å². The van der Waals surface area contributed by atoms with E-state index in [9.17, 15) is 8.60 Å². The minimum absolute atomic E-state index is 0.150. The van der Waals surface area contributed by atoms with Crippen LogP contribution in [0.2, 0.25) is 0 Å². The van der Waals surface area contributed by atoms with Crippen LogP contribution >= 0.6 is 0 Å². The highest BCUT2D eigenvalue weighted by atomic mass is 32.2. The fraction of sp³-hybridized carbons (Fsp3) is 0.188. The Balaban J connectivity index is 1.82. The average Bonchev–Trinajstić information content (AvgIpc) is 3.03. The molecule has 0 N–H and O–H groups in total. The second-order valence-electron chi connectivity index (χ2n) is 5.03. The number of aromatic nitrogens is 4. The molecule has 3 rings (SSSR count). The van der Waals surface area contributed by atoms with Crippen molar-refractivity contribution in [2.24, 2.45) is 0 Å². The third kappa shape index (κ3) is 3.34. The first kappa shape index (κ1) is 15.5. The molecular formula is C16H15FN4OS. The van der Waals surface area contributed by atoms with Crippen LogP contribution in [0.5, 0.6) is 0 Å². The Morgan fingerprint density at radius 3 is 2.57 bits per heavy atom. The second-order valence-corrected chi connectivity index (χ2v) is 6.79. The molecule has 2 aromatic carbocycles. The van der Waals surface area contributed by atoms with E-state index in [0.29, 0.717) is 11.4 Å². The SMILES string of the molecule is C[C@H](c1ccccc1F)[S@@](=O)Cc1nnnn1-c1ccccc1. The van der Waals surface area contributed by atoms with E-state index in [0.717, 1.165) is 5.69 Å². The molecule has 2 atom stereocenters. The van der Waals surface area contributed by atoms with Gasteiger partial charge in [0.2, 0.25) is 0 Å². The Bertz CT molecular complexity index is 822. The maximum Gasteiger partial charge on any atom is 0.169 e. The number of rotatable bonds is 5. The monoisotopic (exact) mass is 330 g/mol. The van der Waals surface area contributed by atoms with Crippen molar-refractivity contribution < 1.29 is 8.60 Å². The van der Waals surface area contributed by atoms with Crippen molar-refractivity contribution in [3.8, 4) is 5.69 Å². The van der Waals surface area contributed by atoms with Gasteiger partial charge in [-0.25, -0.2) is 4.39 Å². The highest BCUT2D eigenvalue weighted by Crippen LogP contribution is 2.24. The molecule has 0 fully saturated rings. The van der Waals surface area contributed by atoms with E-state index in [-0.39, 0.29) is 11.6 Å². The summed E-state index contributed by atoms with van der Waals surface area (Å²) in [6.07, 6.45) is 0. The van der Waals surface area contributed by atoms with Gasteiger partial charge in [0.1, 0.15) is 5.82 Å². The molecule has 0 saturated heterocycles. The Morgan fingerprint density at radius 2 is 1.83 bits per heavy atom. The molecule has 0 saturated carbocycles. The molecule has 0 aliphatic heterocycles. The number of tetrazole rings is 1. The summed E-state index contributed by atoms with van der Waals surface area (Å²) in [4.78, 5) is 0. The number of hydrogen-bond donors (Lipinski definition) is 0. The molecule has 0 radical (unpaired) electrons. The van der Waals surface area contributed by atoms with Gasteiger partial charge in [0.05, 0.1) is 16.7 Å². The first-order chi connectivity index (χ1) is 11.2. The summed E-state index contributed by atoms with van der Waals surface area (Å²) in [5.74, 6) is 0.283. The van der Waals surface area contributed by atoms with Crippen molar-refractivity contribution in [1.82, 2.24) is 20.2 Å². The van der Waals surface area contributed by atoms with Gasteiger partial charge in [0.25, 0.3) is 0 Å². The molecule has 3 aromatic rings. The van der Waals surface area contributed by atoms with E-state index in [1.165, 1.54) is 6.07 Å². The van der Waals surface area contributed by atoms with Crippen LogP contribution in [0, 0.1) is 5.82 Å². The van der Waals surface area contributed by atoms with Crippen molar-refractivity contribution in [2.45, 2.75) is 17.9 Å². The van der Waals surface area contributed by atoms with Crippen LogP contribution in [-0.2, 0) is 16.6 Å². The third-order valence-corrected chi connectivity index (χ3v) is 5.13. The smallest absolute Gasteiger partial charge is 0.169 e. The van der Waals surface area contributed by atoms with Crippen LogP contribution in [0.15, 0.2) is 54.6 Å². The maximum atomic E-state index is 13.8. The first-order valence-corrected chi connectivity index (χ1v) is 8.49. The lowest BCUT2D eigenvalue weighted by Crippen LogP contribution is -2.11. The third-order valence-electron chi connectivity index (χ3n) is 3.54. The summed E-state index contributed by atoms with van der Waals surface area (Å²) in [6, 6.07) is 15.7. The Morgan fingerprint density at radius 1 is 1.13 bits per heavy atom. The summed E-state index contributed by atoms with van der Waals surface area (Å²) in [5, 5.41) is 11.1. The molecule has 5 nitrogen and oxygen atoms in total. The maximum absolute atomic E-state index is 13.8. The van der Waals surface area contributed by atoms with Crippen LogP contribution in [0.4, 0.5) is 4.39 Å². The summed E-state index contributed by atoms with van der Waals surface area (Å²) in [6.45, 7) is 1.74. The lowest BCUT2D eigenvalue weighted by Gasteiger charge is -2.12. The highest BCUT2D eigenvalue weighted by Gasteiger charge is 2.20. The largest absolute Gasteiger partial charge is 0.258 e. The number of hydrogen-bond acceptors (Lipinski definition) is 4. The molecule has 0 aliphatic rings. The standard InChI is InChI=1S/C16H15FN4OS/c1-12(14-9-5-6-10-15(14)17)23(22)11-16-18-19-20-21(16)13-7-3-2-4-8-13/h2-10,12H,11H2,1H3/t12-,23+/m1/s1. The average molecular weight is 330 g/mol. The molecule has 0 bridgehead atoms. The Kier molecular flexibility index (Phi) is 4.57. The Labute approximate surface area is 135 Å². The van der Waals surface area contributed by atoms with E-state index in [4.69, 9.17) is 0 Å². The zero-order chi connectivity index (χ0) is 16.2. The molecule has 1 heterocycles. The fourth-order valence-corrected chi connectivity index (χ4v) is 3.42. The van der Waals surface area contributed by atoms with Crippen molar-refractivity contribution in [1.29, 1.82) is 0 Å². The summed E-state index contributed by atoms with van der Waals surface area (Å²) in [7, 11) is -1.34. The van der Waals surface area contributed by atoms with Gasteiger partial charge in [-0.1, -0.05) is 36.4 Å². The lowest BCUT2D eigenvalue weighted by atomic mass is 10.1. The number of para-hydroxylation sites is 1. The molecule has 0 unspecified atom stereocenters. The molecule has 118 valence electrons. The second kappa shape index (κ2) is 6.78. The Hall–Kier alpha value is -2.41. The van der Waals surface area contributed by atoms with E-state index in [2.05, 4.69) is 15.5 Å². The summed E-state index contributed by atoms with van der Waals surface area (Å²) >= 11 is 0. The molecule has 0 amide bonds. The van der Waals surface area contributed by atoms with Crippen molar-refractivity contribution in [3.63, 3.8) is 0 Å². The fourth-order valence-electron chi connectivity index (χ4n) is 2.26. The topological polar surface area (TPSA) is 60.7 Å². The lowest BCUT2D eigenvalue weighted by molar-refractivity contribution is 0.606. The number of nitrogens with zero attached hydrogens (tertiary/aromatic N) is 4. The van der Waals surface area contributed by atoms with Gasteiger partial charge < -0.3 is 0 Å². The van der Waals surface area contributed by atoms with E-state index in [1.807, 2.05) is 30.3 Å². The molecule has 23 heavy (non-hydrogen) atoms. The molecular weight excluding hydrogens is 315 g/mol. The molecule has 7 heteroatoms. The predicted octanol–water partition coefficient (Wildman–Crippen LogP) is 2.81. The predicted molar refractivity (Wildman–Crippen MR) is 85.8 cm³/mol. The van der Waals surface area contributed by atoms with Crippen LogP contribution in [-0.4, -0.2) is 24.4 Å². The molecule has 0 spiro atoms.